The maximum Gasteiger partial charge on any atom is 0.331 e. The number of hydrogen-bond donors (Lipinski definition) is 2. The summed E-state index contributed by atoms with van der Waals surface area (Å²) in [6.45, 7) is 6.66. The Bertz CT molecular complexity index is 707. The normalized spacial score (nSPS) is 10.3. The third kappa shape index (κ3) is 3.74. The van der Waals surface area contributed by atoms with Gasteiger partial charge in [0.2, 0.25) is 0 Å². The summed E-state index contributed by atoms with van der Waals surface area (Å²) >= 11 is 0. The molecule has 0 aliphatic rings. The van der Waals surface area contributed by atoms with Gasteiger partial charge >= 0.3 is 6.03 Å². The average Bonchev–Trinajstić information content (AvgIpc) is 2.56. The number of carbonyl (C=O) groups is 1. The van der Waals surface area contributed by atoms with Crippen LogP contribution in [0.5, 0.6) is 0 Å². The molecule has 24 heavy (non-hydrogen) atoms. The second-order valence-corrected chi connectivity index (χ2v) is 5.72. The molecule has 0 aliphatic heterocycles. The second kappa shape index (κ2) is 7.64. The number of guanidine groups is 1. The first-order valence-corrected chi connectivity index (χ1v) is 7.99. The predicted molar refractivity (Wildman–Crippen MR) is 98.2 cm³/mol. The first-order valence-electron chi connectivity index (χ1n) is 7.99. The van der Waals surface area contributed by atoms with Crippen LogP contribution in [0.2, 0.25) is 0 Å². The molecule has 2 aromatic rings. The summed E-state index contributed by atoms with van der Waals surface area (Å²) in [4.78, 5) is 16.0. The van der Waals surface area contributed by atoms with Gasteiger partial charge in [0.25, 0.3) is 0 Å². The number of anilines is 1. The van der Waals surface area contributed by atoms with Crippen molar-refractivity contribution in [3.63, 3.8) is 0 Å². The summed E-state index contributed by atoms with van der Waals surface area (Å²) in [6, 6.07) is 15.2. The van der Waals surface area contributed by atoms with Gasteiger partial charge in [-0.2, -0.15) is 0 Å². The van der Waals surface area contributed by atoms with Crippen molar-refractivity contribution in [2.45, 2.75) is 27.3 Å². The van der Waals surface area contributed by atoms with Gasteiger partial charge in [-0.05, 0) is 37.5 Å². The molecule has 0 heterocycles. The Morgan fingerprint density at radius 3 is 2.12 bits per heavy atom. The molecule has 5 nitrogen and oxygen atoms in total. The molecule has 0 aromatic heterocycles. The number of hydrogen-bond acceptors (Lipinski definition) is 2. The first kappa shape index (κ1) is 17.5. The van der Waals surface area contributed by atoms with Crippen molar-refractivity contribution < 1.29 is 4.79 Å². The number of nitrogens with one attached hydrogen (secondary N) is 1. The lowest BCUT2D eigenvalue weighted by Gasteiger charge is -2.31. The monoisotopic (exact) mass is 324 g/mol. The van der Waals surface area contributed by atoms with E-state index in [2.05, 4.69) is 0 Å². The molecule has 0 bridgehead atoms. The molecule has 0 saturated heterocycles. The molecular formula is C19H24N4O. The van der Waals surface area contributed by atoms with Crippen molar-refractivity contribution in [1.82, 2.24) is 4.90 Å². The topological polar surface area (TPSA) is 73.4 Å². The van der Waals surface area contributed by atoms with E-state index >= 15 is 0 Å². The van der Waals surface area contributed by atoms with Crippen LogP contribution < -0.4 is 10.6 Å². The van der Waals surface area contributed by atoms with E-state index in [0.29, 0.717) is 6.54 Å². The summed E-state index contributed by atoms with van der Waals surface area (Å²) < 4.78 is 0. The maximum atomic E-state index is 13.1. The molecule has 0 aliphatic carbocycles. The van der Waals surface area contributed by atoms with Crippen LogP contribution in [-0.4, -0.2) is 23.4 Å². The Morgan fingerprint density at radius 1 is 1.04 bits per heavy atom. The molecule has 5 heteroatoms. The lowest BCUT2D eigenvalue weighted by atomic mass is 10.1. The molecule has 0 atom stereocenters. The van der Waals surface area contributed by atoms with Crippen molar-refractivity contribution in [3.05, 3.63) is 65.2 Å². The van der Waals surface area contributed by atoms with Gasteiger partial charge in [0.15, 0.2) is 5.96 Å². The Hall–Kier alpha value is -2.82. The van der Waals surface area contributed by atoms with Crippen molar-refractivity contribution in [1.29, 1.82) is 5.41 Å². The van der Waals surface area contributed by atoms with E-state index in [0.717, 1.165) is 22.4 Å². The van der Waals surface area contributed by atoms with Gasteiger partial charge in [-0.15, -0.1) is 0 Å². The Labute approximate surface area is 143 Å². The Balaban J connectivity index is 2.35. The maximum absolute atomic E-state index is 13.1. The summed E-state index contributed by atoms with van der Waals surface area (Å²) in [5, 5.41) is 7.83. The van der Waals surface area contributed by atoms with Gasteiger partial charge in [0, 0.05) is 6.54 Å². The molecule has 2 aromatic carbocycles. The van der Waals surface area contributed by atoms with Crippen LogP contribution in [0.1, 0.15) is 23.6 Å². The second-order valence-electron chi connectivity index (χ2n) is 5.72. The van der Waals surface area contributed by atoms with E-state index in [4.69, 9.17) is 11.1 Å². The van der Waals surface area contributed by atoms with Crippen LogP contribution in [0, 0.1) is 19.3 Å². The minimum Gasteiger partial charge on any atom is -0.370 e. The van der Waals surface area contributed by atoms with E-state index in [1.54, 1.807) is 4.90 Å². The third-order valence-electron chi connectivity index (χ3n) is 3.96. The lowest BCUT2D eigenvalue weighted by molar-refractivity contribution is 0.225. The highest BCUT2D eigenvalue weighted by molar-refractivity contribution is 6.03. The average molecular weight is 324 g/mol. The zero-order valence-corrected chi connectivity index (χ0v) is 14.4. The van der Waals surface area contributed by atoms with Gasteiger partial charge in [0.05, 0.1) is 12.2 Å². The zero-order chi connectivity index (χ0) is 17.7. The first-order chi connectivity index (χ1) is 11.5. The number of nitrogens with zero attached hydrogens (tertiary/aromatic N) is 2. The van der Waals surface area contributed by atoms with Crippen LogP contribution in [0.15, 0.2) is 48.5 Å². The molecule has 0 spiro atoms. The van der Waals surface area contributed by atoms with Crippen LogP contribution in [0.4, 0.5) is 10.5 Å². The number of para-hydroxylation sites is 1. The molecular weight excluding hydrogens is 300 g/mol. The van der Waals surface area contributed by atoms with Crippen LogP contribution in [0.25, 0.3) is 0 Å². The smallest absolute Gasteiger partial charge is 0.331 e. The van der Waals surface area contributed by atoms with E-state index < -0.39 is 0 Å². The number of amides is 2. The van der Waals surface area contributed by atoms with E-state index in [1.165, 1.54) is 4.90 Å². The van der Waals surface area contributed by atoms with Crippen LogP contribution in [0.3, 0.4) is 0 Å². The fourth-order valence-electron chi connectivity index (χ4n) is 2.79. The van der Waals surface area contributed by atoms with E-state index in [-0.39, 0.29) is 18.5 Å². The Kier molecular flexibility index (Phi) is 5.58. The van der Waals surface area contributed by atoms with Gasteiger partial charge in [-0.3, -0.25) is 15.2 Å². The largest absolute Gasteiger partial charge is 0.370 e. The minimum atomic E-state index is -0.286. The molecule has 2 rings (SSSR count). The van der Waals surface area contributed by atoms with Crippen molar-refractivity contribution >= 4 is 17.7 Å². The molecule has 126 valence electrons. The van der Waals surface area contributed by atoms with Gasteiger partial charge < -0.3 is 5.73 Å². The number of nitrogens with two attached hydrogens (primary N) is 1. The van der Waals surface area contributed by atoms with E-state index in [9.17, 15) is 4.79 Å². The summed E-state index contributed by atoms with van der Waals surface area (Å²) in [6.07, 6.45) is 0. The van der Waals surface area contributed by atoms with E-state index in [1.807, 2.05) is 69.3 Å². The summed E-state index contributed by atoms with van der Waals surface area (Å²) in [7, 11) is 0. The zero-order valence-electron chi connectivity index (χ0n) is 14.4. The predicted octanol–water partition coefficient (Wildman–Crippen LogP) is 3.65. The fraction of sp³-hybridized carbons (Fsp3) is 0.263. The highest BCUT2D eigenvalue weighted by atomic mass is 16.2. The highest BCUT2D eigenvalue weighted by Crippen LogP contribution is 2.25. The number of urea groups is 1. The molecule has 0 saturated carbocycles. The Morgan fingerprint density at radius 2 is 1.62 bits per heavy atom. The molecule has 3 N–H and O–H groups in total. The molecule has 0 radical (unpaired) electrons. The van der Waals surface area contributed by atoms with Crippen LogP contribution >= 0.6 is 0 Å². The fourth-order valence-corrected chi connectivity index (χ4v) is 2.79. The SMILES string of the molecule is CCN(C(=O)N(Cc1ccccc1)C(=N)N)c1c(C)cccc1C. The number of benzene rings is 2. The number of carbonyl (C=O) groups excluding carboxylic acids is 1. The number of aryl methyl sites for hydroxylation is 2. The van der Waals surface area contributed by atoms with Crippen molar-refractivity contribution in [2.75, 3.05) is 11.4 Å². The van der Waals surface area contributed by atoms with Crippen molar-refractivity contribution in [2.24, 2.45) is 5.73 Å². The molecule has 0 unspecified atom stereocenters. The summed E-state index contributed by atoms with van der Waals surface area (Å²) in [5.74, 6) is -0.256. The van der Waals surface area contributed by atoms with Gasteiger partial charge in [-0.25, -0.2) is 4.79 Å². The van der Waals surface area contributed by atoms with Crippen LogP contribution in [-0.2, 0) is 6.54 Å². The van der Waals surface area contributed by atoms with Gasteiger partial charge in [-0.1, -0.05) is 48.5 Å². The third-order valence-corrected chi connectivity index (χ3v) is 3.96. The molecule has 0 fully saturated rings. The minimum absolute atomic E-state index is 0.256. The van der Waals surface area contributed by atoms with Gasteiger partial charge in [0.1, 0.15) is 0 Å². The standard InChI is InChI=1S/C19H24N4O/c1-4-22(17-14(2)9-8-10-15(17)3)19(24)23(18(20)21)13-16-11-6-5-7-12-16/h5-12H,4,13H2,1-3H3,(H3,20,21). The highest BCUT2D eigenvalue weighted by Gasteiger charge is 2.25. The van der Waals surface area contributed by atoms with Crippen molar-refractivity contribution in [3.8, 4) is 0 Å². The quantitative estimate of drug-likeness (QED) is 0.665. The molecule has 2 amide bonds. The lowest BCUT2D eigenvalue weighted by Crippen LogP contribution is -2.49. The summed E-state index contributed by atoms with van der Waals surface area (Å²) in [5.41, 5.74) is 9.55. The number of rotatable bonds is 4.